The monoisotopic (exact) mass is 336 g/mol. The Labute approximate surface area is 138 Å². The van der Waals surface area contributed by atoms with Crippen LogP contribution in [0.25, 0.3) is 10.9 Å². The van der Waals surface area contributed by atoms with Gasteiger partial charge in [0, 0.05) is 18.3 Å². The molecule has 6 nitrogen and oxygen atoms in total. The van der Waals surface area contributed by atoms with E-state index in [1.54, 1.807) is 20.1 Å². The second kappa shape index (κ2) is 5.45. The molecule has 122 valence electrons. The molecule has 2 aromatic rings. The highest BCUT2D eigenvalue weighted by Crippen LogP contribution is 2.35. The molecule has 0 amide bonds. The lowest BCUT2D eigenvalue weighted by molar-refractivity contribution is -0.146. The molecule has 1 aromatic heterocycles. The zero-order chi connectivity index (χ0) is 16.8. The van der Waals surface area contributed by atoms with Crippen molar-refractivity contribution in [1.82, 2.24) is 4.57 Å². The number of ether oxygens (including phenoxy) is 3. The highest BCUT2D eigenvalue weighted by molar-refractivity contribution is 6.31. The number of fused-ring (bicyclic) bond motifs is 1. The maximum absolute atomic E-state index is 11.9. The molecule has 0 fully saturated rings. The molecule has 7 heteroatoms. The third kappa shape index (κ3) is 2.43. The summed E-state index contributed by atoms with van der Waals surface area (Å²) in [7, 11) is 4.82. The summed E-state index contributed by atoms with van der Waals surface area (Å²) in [5.74, 6) is 0.591. The van der Waals surface area contributed by atoms with E-state index in [4.69, 9.17) is 25.8 Å². The number of hydrogen-bond donors (Lipinski definition) is 0. The van der Waals surface area contributed by atoms with Crippen molar-refractivity contribution in [2.45, 2.75) is 12.5 Å². The van der Waals surface area contributed by atoms with E-state index in [1.807, 2.05) is 23.9 Å². The van der Waals surface area contributed by atoms with Gasteiger partial charge in [0.05, 0.1) is 30.7 Å². The molecule has 0 saturated heterocycles. The van der Waals surface area contributed by atoms with Crippen molar-refractivity contribution in [3.8, 4) is 5.75 Å². The van der Waals surface area contributed by atoms with Gasteiger partial charge in [-0.2, -0.15) is 0 Å². The van der Waals surface area contributed by atoms with Crippen LogP contribution in [0.2, 0.25) is 5.02 Å². The van der Waals surface area contributed by atoms with Crippen molar-refractivity contribution < 1.29 is 19.0 Å². The van der Waals surface area contributed by atoms with E-state index in [2.05, 4.69) is 4.99 Å². The van der Waals surface area contributed by atoms with Gasteiger partial charge in [-0.15, -0.1) is 0 Å². The van der Waals surface area contributed by atoms with Crippen molar-refractivity contribution in [2.75, 3.05) is 20.8 Å². The molecule has 2 heterocycles. The Kier molecular flexibility index (Phi) is 3.72. The number of esters is 1. The minimum atomic E-state index is -1.04. The average molecular weight is 337 g/mol. The minimum absolute atomic E-state index is 0.140. The summed E-state index contributed by atoms with van der Waals surface area (Å²) < 4.78 is 17.8. The van der Waals surface area contributed by atoms with Crippen LogP contribution in [-0.4, -0.2) is 42.8 Å². The van der Waals surface area contributed by atoms with Gasteiger partial charge in [0.25, 0.3) is 0 Å². The predicted molar refractivity (Wildman–Crippen MR) is 87.4 cm³/mol. The molecular formula is C16H17ClN2O4. The summed E-state index contributed by atoms with van der Waals surface area (Å²) in [5.41, 5.74) is 0.609. The first kappa shape index (κ1) is 15.7. The number of halogens is 1. The standard InChI is InChI=1S/C16H17ClN2O4/c1-16(15(20)22-4)8-23-14(18-16)10-7-19(2)11-5-9(17)6-12(21-3)13(10)11/h5-7H,8H2,1-4H3/t16-/m0/s1. The molecule has 1 aromatic carbocycles. The van der Waals surface area contributed by atoms with Crippen LogP contribution in [0.4, 0.5) is 0 Å². The number of aromatic nitrogens is 1. The van der Waals surface area contributed by atoms with Crippen LogP contribution in [-0.2, 0) is 21.3 Å². The van der Waals surface area contributed by atoms with Crippen molar-refractivity contribution in [3.63, 3.8) is 0 Å². The van der Waals surface area contributed by atoms with Gasteiger partial charge < -0.3 is 18.8 Å². The zero-order valence-electron chi connectivity index (χ0n) is 13.3. The van der Waals surface area contributed by atoms with Gasteiger partial charge in [0.1, 0.15) is 12.4 Å². The second-order valence-electron chi connectivity index (χ2n) is 5.63. The number of carbonyl (C=O) groups is 1. The smallest absolute Gasteiger partial charge is 0.337 e. The summed E-state index contributed by atoms with van der Waals surface area (Å²) in [6.45, 7) is 1.83. The molecule has 1 aliphatic heterocycles. The number of methoxy groups -OCH3 is 2. The Balaban J connectivity index is 2.18. The van der Waals surface area contributed by atoms with E-state index in [1.165, 1.54) is 7.11 Å². The maximum atomic E-state index is 11.9. The van der Waals surface area contributed by atoms with Gasteiger partial charge in [0.2, 0.25) is 5.90 Å². The van der Waals surface area contributed by atoms with E-state index in [0.717, 1.165) is 16.5 Å². The summed E-state index contributed by atoms with van der Waals surface area (Å²) in [6, 6.07) is 3.58. The van der Waals surface area contributed by atoms with Gasteiger partial charge >= 0.3 is 5.97 Å². The number of rotatable bonds is 3. The van der Waals surface area contributed by atoms with Gasteiger partial charge in [-0.3, -0.25) is 0 Å². The maximum Gasteiger partial charge on any atom is 0.337 e. The normalized spacial score (nSPS) is 20.3. The Hall–Kier alpha value is -2.21. The third-order valence-electron chi connectivity index (χ3n) is 3.93. The van der Waals surface area contributed by atoms with E-state index >= 15 is 0 Å². The fourth-order valence-electron chi connectivity index (χ4n) is 2.73. The number of carbonyl (C=O) groups excluding carboxylic acids is 1. The van der Waals surface area contributed by atoms with Gasteiger partial charge in [-0.25, -0.2) is 9.79 Å². The fourth-order valence-corrected chi connectivity index (χ4v) is 2.93. The lowest BCUT2D eigenvalue weighted by atomic mass is 10.1. The molecule has 0 radical (unpaired) electrons. The molecule has 0 unspecified atom stereocenters. The van der Waals surface area contributed by atoms with Crippen molar-refractivity contribution in [3.05, 3.63) is 28.9 Å². The van der Waals surface area contributed by atoms with Gasteiger partial charge in [0.15, 0.2) is 5.54 Å². The van der Waals surface area contributed by atoms with Gasteiger partial charge in [-0.05, 0) is 19.1 Å². The van der Waals surface area contributed by atoms with Gasteiger partial charge in [-0.1, -0.05) is 11.6 Å². The Morgan fingerprint density at radius 3 is 2.83 bits per heavy atom. The van der Waals surface area contributed by atoms with Crippen LogP contribution in [0, 0.1) is 0 Å². The molecule has 0 bridgehead atoms. The number of aryl methyl sites for hydroxylation is 1. The summed E-state index contributed by atoms with van der Waals surface area (Å²) in [4.78, 5) is 16.3. The molecule has 1 aliphatic rings. The summed E-state index contributed by atoms with van der Waals surface area (Å²) >= 11 is 6.13. The number of hydrogen-bond acceptors (Lipinski definition) is 5. The molecule has 23 heavy (non-hydrogen) atoms. The number of benzene rings is 1. The first-order valence-corrected chi connectivity index (χ1v) is 7.41. The van der Waals surface area contributed by atoms with Crippen LogP contribution in [0.15, 0.2) is 23.3 Å². The number of nitrogens with zero attached hydrogens (tertiary/aromatic N) is 2. The molecule has 0 aliphatic carbocycles. The quantitative estimate of drug-likeness (QED) is 0.808. The summed E-state index contributed by atoms with van der Waals surface area (Å²) in [6.07, 6.45) is 1.88. The van der Waals surface area contributed by atoms with E-state index in [0.29, 0.717) is 16.7 Å². The van der Waals surface area contributed by atoms with Crippen LogP contribution < -0.4 is 4.74 Å². The molecule has 1 atom stereocenters. The van der Waals surface area contributed by atoms with Crippen LogP contribution in [0.5, 0.6) is 5.75 Å². The van der Waals surface area contributed by atoms with Crippen LogP contribution >= 0.6 is 11.6 Å². The van der Waals surface area contributed by atoms with Crippen molar-refractivity contribution >= 4 is 34.4 Å². The fraction of sp³-hybridized carbons (Fsp3) is 0.375. The lowest BCUT2D eigenvalue weighted by Crippen LogP contribution is -2.35. The van der Waals surface area contributed by atoms with E-state index in [9.17, 15) is 4.79 Å². The minimum Gasteiger partial charge on any atom is -0.496 e. The van der Waals surface area contributed by atoms with E-state index < -0.39 is 11.5 Å². The highest BCUT2D eigenvalue weighted by atomic mass is 35.5. The Morgan fingerprint density at radius 2 is 2.17 bits per heavy atom. The molecular weight excluding hydrogens is 320 g/mol. The topological polar surface area (TPSA) is 62.0 Å². The van der Waals surface area contributed by atoms with Crippen molar-refractivity contribution in [1.29, 1.82) is 0 Å². The lowest BCUT2D eigenvalue weighted by Gasteiger charge is -2.13. The SMILES string of the molecule is COC(=O)[C@]1(C)COC(c2cn(C)c3cc(Cl)cc(OC)c23)=N1. The number of aliphatic imine (C=N–C) groups is 1. The molecule has 0 saturated carbocycles. The zero-order valence-corrected chi connectivity index (χ0v) is 14.1. The second-order valence-corrected chi connectivity index (χ2v) is 6.06. The average Bonchev–Trinajstić information content (AvgIpc) is 3.08. The highest BCUT2D eigenvalue weighted by Gasteiger charge is 2.41. The van der Waals surface area contributed by atoms with Crippen LogP contribution in [0.3, 0.4) is 0 Å². The third-order valence-corrected chi connectivity index (χ3v) is 4.15. The first-order valence-electron chi connectivity index (χ1n) is 7.03. The molecule has 0 spiro atoms. The molecule has 0 N–H and O–H groups in total. The Bertz CT molecular complexity index is 827. The van der Waals surface area contributed by atoms with Crippen LogP contribution in [0.1, 0.15) is 12.5 Å². The predicted octanol–water partition coefficient (Wildman–Crippen LogP) is 2.55. The summed E-state index contributed by atoms with van der Waals surface area (Å²) in [5, 5.41) is 1.42. The van der Waals surface area contributed by atoms with Crippen molar-refractivity contribution in [2.24, 2.45) is 12.0 Å². The Morgan fingerprint density at radius 1 is 1.43 bits per heavy atom. The first-order chi connectivity index (χ1) is 10.9. The van der Waals surface area contributed by atoms with E-state index in [-0.39, 0.29) is 6.61 Å². The molecule has 3 rings (SSSR count). The largest absolute Gasteiger partial charge is 0.496 e.